The number of hydrogen-bond acceptors (Lipinski definition) is 3. The average molecular weight is 259 g/mol. The van der Waals surface area contributed by atoms with Crippen molar-refractivity contribution in [2.45, 2.75) is 33.3 Å². The lowest BCUT2D eigenvalue weighted by Gasteiger charge is -2.32. The number of hydrogen-bond donors (Lipinski definition) is 0. The highest BCUT2D eigenvalue weighted by Gasteiger charge is 2.30. The molecule has 0 fully saturated rings. The Balaban J connectivity index is 2.43. The molecular weight excluding hydrogens is 238 g/mol. The third kappa shape index (κ3) is 2.50. The summed E-state index contributed by atoms with van der Waals surface area (Å²) in [4.78, 5) is 13.4. The van der Waals surface area contributed by atoms with E-state index in [0.29, 0.717) is 5.57 Å². The summed E-state index contributed by atoms with van der Waals surface area (Å²) < 4.78 is 5.98. The first-order valence-corrected chi connectivity index (χ1v) is 6.77. The van der Waals surface area contributed by atoms with E-state index >= 15 is 0 Å². The topological polar surface area (TPSA) is 29.5 Å². The summed E-state index contributed by atoms with van der Waals surface area (Å²) in [6.07, 6.45) is 2.79. The van der Waals surface area contributed by atoms with E-state index in [0.717, 1.165) is 36.4 Å². The third-order valence-electron chi connectivity index (χ3n) is 3.62. The molecule has 0 amide bonds. The van der Waals surface area contributed by atoms with Crippen molar-refractivity contribution in [1.29, 1.82) is 0 Å². The van der Waals surface area contributed by atoms with Crippen LogP contribution >= 0.6 is 0 Å². The largest absolute Gasteiger partial charge is 0.482 e. The van der Waals surface area contributed by atoms with Crippen molar-refractivity contribution in [3.63, 3.8) is 0 Å². The van der Waals surface area contributed by atoms with Crippen LogP contribution in [0.2, 0.25) is 0 Å². The molecule has 1 aromatic carbocycles. The van der Waals surface area contributed by atoms with Crippen molar-refractivity contribution in [1.82, 2.24) is 0 Å². The molecule has 0 spiro atoms. The van der Waals surface area contributed by atoms with E-state index in [2.05, 4.69) is 30.9 Å². The van der Waals surface area contributed by atoms with Gasteiger partial charge in [-0.1, -0.05) is 0 Å². The Morgan fingerprint density at radius 3 is 2.53 bits per heavy atom. The highest BCUT2D eigenvalue weighted by Crippen LogP contribution is 2.36. The Kier molecular flexibility index (Phi) is 3.65. The first-order valence-electron chi connectivity index (χ1n) is 6.77. The van der Waals surface area contributed by atoms with E-state index < -0.39 is 5.60 Å². The van der Waals surface area contributed by atoms with Gasteiger partial charge < -0.3 is 9.64 Å². The zero-order valence-electron chi connectivity index (χ0n) is 12.1. The second kappa shape index (κ2) is 5.08. The van der Waals surface area contributed by atoms with Gasteiger partial charge in [-0.3, -0.25) is 4.79 Å². The molecule has 3 nitrogen and oxygen atoms in total. The van der Waals surface area contributed by atoms with Crippen molar-refractivity contribution in [3.05, 3.63) is 29.3 Å². The molecule has 0 aliphatic carbocycles. The lowest BCUT2D eigenvalue weighted by Crippen LogP contribution is -2.34. The van der Waals surface area contributed by atoms with Crippen molar-refractivity contribution in [2.24, 2.45) is 0 Å². The SMILES string of the molecule is CCN(CC)c1ccc2c(c1)OC(C)(C)C(C=O)=C2. The van der Waals surface area contributed by atoms with Crippen LogP contribution in [0.15, 0.2) is 23.8 Å². The second-order valence-corrected chi connectivity index (χ2v) is 5.22. The quantitative estimate of drug-likeness (QED) is 0.777. The van der Waals surface area contributed by atoms with Gasteiger partial charge in [-0.25, -0.2) is 0 Å². The molecule has 0 atom stereocenters. The molecule has 0 N–H and O–H groups in total. The minimum atomic E-state index is -0.559. The molecule has 3 heteroatoms. The van der Waals surface area contributed by atoms with Gasteiger partial charge in [-0.2, -0.15) is 0 Å². The lowest BCUT2D eigenvalue weighted by molar-refractivity contribution is -0.106. The number of carbonyl (C=O) groups excluding carboxylic acids is 1. The second-order valence-electron chi connectivity index (χ2n) is 5.22. The van der Waals surface area contributed by atoms with Crippen molar-refractivity contribution >= 4 is 18.0 Å². The number of rotatable bonds is 4. The van der Waals surface area contributed by atoms with Crippen LogP contribution in [-0.4, -0.2) is 25.0 Å². The minimum Gasteiger partial charge on any atom is -0.482 e. The average Bonchev–Trinajstić information content (AvgIpc) is 2.38. The van der Waals surface area contributed by atoms with Gasteiger partial charge in [0.2, 0.25) is 0 Å². The Bertz CT molecular complexity index is 513. The summed E-state index contributed by atoms with van der Waals surface area (Å²) in [5.41, 5.74) is 2.24. The molecule has 19 heavy (non-hydrogen) atoms. The summed E-state index contributed by atoms with van der Waals surface area (Å²) in [5, 5.41) is 0. The molecule has 0 radical (unpaired) electrons. The van der Waals surface area contributed by atoms with Gasteiger partial charge >= 0.3 is 0 Å². The number of anilines is 1. The molecule has 0 saturated carbocycles. The lowest BCUT2D eigenvalue weighted by atomic mass is 9.93. The van der Waals surface area contributed by atoms with E-state index in [1.54, 1.807) is 0 Å². The fraction of sp³-hybridized carbons (Fsp3) is 0.438. The van der Waals surface area contributed by atoms with Crippen molar-refractivity contribution < 1.29 is 9.53 Å². The zero-order chi connectivity index (χ0) is 14.0. The molecule has 0 unspecified atom stereocenters. The van der Waals surface area contributed by atoms with Crippen LogP contribution in [0, 0.1) is 0 Å². The summed E-state index contributed by atoms with van der Waals surface area (Å²) in [6.45, 7) is 10.0. The monoisotopic (exact) mass is 259 g/mol. The zero-order valence-corrected chi connectivity index (χ0v) is 12.1. The van der Waals surface area contributed by atoms with Crippen LogP contribution in [0.4, 0.5) is 5.69 Å². The molecule has 102 valence electrons. The molecule has 2 rings (SSSR count). The maximum atomic E-state index is 11.1. The van der Waals surface area contributed by atoms with Crippen LogP contribution in [0.25, 0.3) is 6.08 Å². The van der Waals surface area contributed by atoms with Crippen molar-refractivity contribution in [3.8, 4) is 5.75 Å². The van der Waals surface area contributed by atoms with Crippen LogP contribution in [0.3, 0.4) is 0 Å². The van der Waals surface area contributed by atoms with E-state index in [9.17, 15) is 4.79 Å². The number of ether oxygens (including phenoxy) is 1. The summed E-state index contributed by atoms with van der Waals surface area (Å²) in [6, 6.07) is 6.15. The Labute approximate surface area is 114 Å². The highest BCUT2D eigenvalue weighted by molar-refractivity contribution is 5.87. The molecule has 0 aromatic heterocycles. The third-order valence-corrected chi connectivity index (χ3v) is 3.62. The first kappa shape index (κ1) is 13.7. The molecule has 0 saturated heterocycles. The molecule has 1 heterocycles. The van der Waals surface area contributed by atoms with Crippen molar-refractivity contribution in [2.75, 3.05) is 18.0 Å². The molecule has 1 aliphatic heterocycles. The smallest absolute Gasteiger partial charge is 0.150 e. The fourth-order valence-electron chi connectivity index (χ4n) is 2.37. The number of carbonyl (C=O) groups is 1. The van der Waals surface area contributed by atoms with Gasteiger partial charge in [0.05, 0.1) is 0 Å². The Morgan fingerprint density at radius 2 is 1.95 bits per heavy atom. The van der Waals surface area contributed by atoms with Crippen LogP contribution in [0.5, 0.6) is 5.75 Å². The number of nitrogens with zero attached hydrogens (tertiary/aromatic N) is 1. The molecular formula is C16H21NO2. The number of benzene rings is 1. The predicted octanol–water partition coefficient (Wildman–Crippen LogP) is 3.29. The predicted molar refractivity (Wildman–Crippen MR) is 78.8 cm³/mol. The van der Waals surface area contributed by atoms with Gasteiger partial charge in [0.25, 0.3) is 0 Å². The maximum absolute atomic E-state index is 11.1. The standard InChI is InChI=1S/C16H21NO2/c1-5-17(6-2)14-8-7-12-9-13(11-18)16(3,4)19-15(12)10-14/h7-11H,5-6H2,1-4H3. The Morgan fingerprint density at radius 1 is 1.26 bits per heavy atom. The summed E-state index contributed by atoms with van der Waals surface area (Å²) >= 11 is 0. The van der Waals surface area contributed by atoms with Gasteiger partial charge in [0, 0.05) is 36.0 Å². The molecule has 0 bridgehead atoms. The minimum absolute atomic E-state index is 0.559. The molecule has 1 aliphatic rings. The van der Waals surface area contributed by atoms with Gasteiger partial charge in [0.15, 0.2) is 0 Å². The van der Waals surface area contributed by atoms with Gasteiger partial charge in [-0.15, -0.1) is 0 Å². The maximum Gasteiger partial charge on any atom is 0.150 e. The fourth-order valence-corrected chi connectivity index (χ4v) is 2.37. The number of aldehydes is 1. The van der Waals surface area contributed by atoms with Crippen LogP contribution in [-0.2, 0) is 4.79 Å². The summed E-state index contributed by atoms with van der Waals surface area (Å²) in [5.74, 6) is 0.847. The normalized spacial score (nSPS) is 16.1. The Hall–Kier alpha value is -1.77. The van der Waals surface area contributed by atoms with E-state index in [-0.39, 0.29) is 0 Å². The van der Waals surface area contributed by atoms with E-state index in [4.69, 9.17) is 4.74 Å². The van der Waals surface area contributed by atoms with E-state index in [1.807, 2.05) is 26.0 Å². The number of fused-ring (bicyclic) bond motifs is 1. The van der Waals surface area contributed by atoms with Crippen LogP contribution < -0.4 is 9.64 Å². The van der Waals surface area contributed by atoms with Crippen LogP contribution in [0.1, 0.15) is 33.3 Å². The van der Waals surface area contributed by atoms with Gasteiger partial charge in [0.1, 0.15) is 17.6 Å². The molecule has 1 aromatic rings. The first-order chi connectivity index (χ1) is 9.01. The van der Waals surface area contributed by atoms with E-state index in [1.165, 1.54) is 0 Å². The van der Waals surface area contributed by atoms with Gasteiger partial charge in [-0.05, 0) is 45.9 Å². The highest BCUT2D eigenvalue weighted by atomic mass is 16.5. The summed E-state index contributed by atoms with van der Waals surface area (Å²) in [7, 11) is 0.